The molecule has 9 heteroatoms. The number of likely N-dealkylation sites (N-methyl/N-ethyl adjacent to an activating group) is 1. The largest absolute Gasteiger partial charge is 0.352 e. The van der Waals surface area contributed by atoms with Crippen molar-refractivity contribution in [3.63, 3.8) is 0 Å². The second-order valence-corrected chi connectivity index (χ2v) is 11.4. The molecule has 0 heterocycles. The van der Waals surface area contributed by atoms with E-state index in [1.54, 1.807) is 36.4 Å². The number of hydrogen-bond acceptors (Lipinski definition) is 4. The zero-order valence-corrected chi connectivity index (χ0v) is 22.5. The van der Waals surface area contributed by atoms with Gasteiger partial charge in [0.05, 0.1) is 11.4 Å². The fourth-order valence-corrected chi connectivity index (χ4v) is 5.34. The zero-order chi connectivity index (χ0) is 26.5. The van der Waals surface area contributed by atoms with Crippen LogP contribution in [0, 0.1) is 0 Å². The summed E-state index contributed by atoms with van der Waals surface area (Å²) in [4.78, 5) is 28.0. The summed E-state index contributed by atoms with van der Waals surface area (Å²) in [5, 5.41) is 5.03. The van der Waals surface area contributed by atoms with Gasteiger partial charge in [-0.15, -0.1) is 0 Å². The van der Waals surface area contributed by atoms with Crippen LogP contribution in [0.2, 0.25) is 5.02 Å². The van der Waals surface area contributed by atoms with E-state index in [1.807, 2.05) is 45.0 Å². The Kier molecular flexibility index (Phi) is 9.11. The van der Waals surface area contributed by atoms with Gasteiger partial charge in [-0.3, -0.25) is 9.59 Å². The molecule has 0 radical (unpaired) electrons. The van der Waals surface area contributed by atoms with Gasteiger partial charge in [-0.2, -0.15) is 4.31 Å². The Balaban J connectivity index is 1.90. The van der Waals surface area contributed by atoms with Gasteiger partial charge in [0.1, 0.15) is 6.04 Å². The summed E-state index contributed by atoms with van der Waals surface area (Å²) >= 11 is 6.35. The number of halogens is 1. The Labute approximate surface area is 218 Å². The highest BCUT2D eigenvalue weighted by Gasteiger charge is 2.32. The van der Waals surface area contributed by atoms with Gasteiger partial charge < -0.3 is 10.2 Å². The van der Waals surface area contributed by atoms with E-state index in [4.69, 9.17) is 11.6 Å². The van der Waals surface area contributed by atoms with Crippen molar-refractivity contribution in [2.45, 2.75) is 50.7 Å². The number of hydrogen-bond donors (Lipinski definition) is 1. The lowest BCUT2D eigenvalue weighted by Crippen LogP contribution is -2.52. The second-order valence-electron chi connectivity index (χ2n) is 8.97. The van der Waals surface area contributed by atoms with Crippen molar-refractivity contribution in [2.75, 3.05) is 13.6 Å². The summed E-state index contributed by atoms with van der Waals surface area (Å²) in [5.74, 6) is -0.791. The SMILES string of the molecule is CCC(C(=O)NC(C)C)N(Cc1ccccc1Cl)C(=O)CN(C)S(=O)(=O)c1ccc2ccccc2c1. The molecule has 0 saturated heterocycles. The van der Waals surface area contributed by atoms with Crippen LogP contribution < -0.4 is 5.32 Å². The Morgan fingerprint density at radius 1 is 0.972 bits per heavy atom. The minimum atomic E-state index is -3.95. The first-order valence-corrected chi connectivity index (χ1v) is 13.6. The van der Waals surface area contributed by atoms with Gasteiger partial charge in [0.2, 0.25) is 21.8 Å². The van der Waals surface area contributed by atoms with Gasteiger partial charge >= 0.3 is 0 Å². The van der Waals surface area contributed by atoms with Crippen molar-refractivity contribution in [2.24, 2.45) is 0 Å². The lowest BCUT2D eigenvalue weighted by atomic mass is 10.1. The number of nitrogens with zero attached hydrogens (tertiary/aromatic N) is 2. The first kappa shape index (κ1) is 27.6. The van der Waals surface area contributed by atoms with Crippen LogP contribution in [0.5, 0.6) is 0 Å². The van der Waals surface area contributed by atoms with Gasteiger partial charge in [0, 0.05) is 24.7 Å². The molecule has 0 bridgehead atoms. The standard InChI is InChI=1S/C27H32ClN3O4S/c1-5-25(27(33)29-19(2)3)31(17-22-12-8-9-13-24(22)28)26(32)18-30(4)36(34,35)23-15-14-20-10-6-7-11-21(20)16-23/h6-16,19,25H,5,17-18H2,1-4H3,(H,29,33). The van der Waals surface area contributed by atoms with E-state index in [0.29, 0.717) is 17.0 Å². The maximum atomic E-state index is 13.5. The highest BCUT2D eigenvalue weighted by molar-refractivity contribution is 7.89. The molecule has 3 rings (SSSR count). The molecule has 3 aromatic rings. The molecule has 1 unspecified atom stereocenters. The number of rotatable bonds is 10. The molecular weight excluding hydrogens is 498 g/mol. The van der Waals surface area contributed by atoms with E-state index in [0.717, 1.165) is 15.1 Å². The molecule has 0 aliphatic carbocycles. The predicted octanol–water partition coefficient (Wildman–Crippen LogP) is 4.45. The maximum absolute atomic E-state index is 13.5. The molecule has 1 N–H and O–H groups in total. The number of amides is 2. The highest BCUT2D eigenvalue weighted by Crippen LogP contribution is 2.23. The quantitative estimate of drug-likeness (QED) is 0.420. The number of sulfonamides is 1. The number of carbonyl (C=O) groups is 2. The monoisotopic (exact) mass is 529 g/mol. The average Bonchev–Trinajstić information content (AvgIpc) is 2.84. The summed E-state index contributed by atoms with van der Waals surface area (Å²) in [5.41, 5.74) is 0.670. The summed E-state index contributed by atoms with van der Waals surface area (Å²) in [6.07, 6.45) is 0.357. The van der Waals surface area contributed by atoms with Crippen LogP contribution in [-0.2, 0) is 26.2 Å². The summed E-state index contributed by atoms with van der Waals surface area (Å²) < 4.78 is 27.7. The fourth-order valence-electron chi connectivity index (χ4n) is 3.98. The van der Waals surface area contributed by atoms with E-state index in [-0.39, 0.29) is 23.4 Å². The zero-order valence-electron chi connectivity index (χ0n) is 20.9. The van der Waals surface area contributed by atoms with Crippen molar-refractivity contribution in [1.82, 2.24) is 14.5 Å². The van der Waals surface area contributed by atoms with Gasteiger partial charge in [-0.1, -0.05) is 67.1 Å². The van der Waals surface area contributed by atoms with Crippen LogP contribution in [0.3, 0.4) is 0 Å². The van der Waals surface area contributed by atoms with Gasteiger partial charge in [-0.25, -0.2) is 8.42 Å². The van der Waals surface area contributed by atoms with Crippen LogP contribution in [0.1, 0.15) is 32.8 Å². The van der Waals surface area contributed by atoms with Crippen LogP contribution in [0.4, 0.5) is 0 Å². The maximum Gasteiger partial charge on any atom is 0.243 e. The third-order valence-corrected chi connectivity index (χ3v) is 8.07. The molecule has 3 aromatic carbocycles. The first-order valence-electron chi connectivity index (χ1n) is 11.8. The normalized spacial score (nSPS) is 12.6. The molecule has 0 fully saturated rings. The Morgan fingerprint density at radius 3 is 2.25 bits per heavy atom. The van der Waals surface area contributed by atoms with Crippen LogP contribution in [0.15, 0.2) is 71.6 Å². The lowest BCUT2D eigenvalue weighted by Gasteiger charge is -2.32. The smallest absolute Gasteiger partial charge is 0.243 e. The first-order chi connectivity index (χ1) is 17.0. The molecule has 0 aliphatic rings. The molecule has 0 saturated carbocycles. The minimum absolute atomic E-state index is 0.0758. The van der Waals surface area contributed by atoms with Crippen LogP contribution in [0.25, 0.3) is 10.8 Å². The highest BCUT2D eigenvalue weighted by atomic mass is 35.5. The van der Waals surface area contributed by atoms with Crippen molar-refractivity contribution in [3.8, 4) is 0 Å². The molecular formula is C27H32ClN3O4S. The Morgan fingerprint density at radius 2 is 1.61 bits per heavy atom. The van der Waals surface area contributed by atoms with Gasteiger partial charge in [0.25, 0.3) is 0 Å². The predicted molar refractivity (Wildman–Crippen MR) is 143 cm³/mol. The lowest BCUT2D eigenvalue weighted by molar-refractivity contribution is -0.141. The van der Waals surface area contributed by atoms with Crippen molar-refractivity contribution < 1.29 is 18.0 Å². The van der Waals surface area contributed by atoms with Gasteiger partial charge in [-0.05, 0) is 54.8 Å². The van der Waals surface area contributed by atoms with Crippen molar-refractivity contribution in [3.05, 3.63) is 77.3 Å². The van der Waals surface area contributed by atoms with Crippen LogP contribution >= 0.6 is 11.6 Å². The fraction of sp³-hybridized carbons (Fsp3) is 0.333. The van der Waals surface area contributed by atoms with Gasteiger partial charge in [0.15, 0.2) is 0 Å². The molecule has 0 spiro atoms. The van der Waals surface area contributed by atoms with Crippen LogP contribution in [-0.4, -0.2) is 55.1 Å². The van der Waals surface area contributed by atoms with Crippen molar-refractivity contribution >= 4 is 44.2 Å². The number of nitrogens with one attached hydrogen (secondary N) is 1. The van der Waals surface area contributed by atoms with E-state index in [9.17, 15) is 18.0 Å². The van der Waals surface area contributed by atoms with Crippen molar-refractivity contribution in [1.29, 1.82) is 0 Å². The molecule has 36 heavy (non-hydrogen) atoms. The molecule has 1 atom stereocenters. The number of carbonyl (C=O) groups excluding carboxylic acids is 2. The van der Waals surface area contributed by atoms with E-state index in [2.05, 4.69) is 5.32 Å². The number of benzene rings is 3. The molecule has 0 aliphatic heterocycles. The summed E-state index contributed by atoms with van der Waals surface area (Å²) in [7, 11) is -2.59. The molecule has 0 aromatic heterocycles. The topological polar surface area (TPSA) is 86.8 Å². The molecule has 7 nitrogen and oxygen atoms in total. The summed E-state index contributed by atoms with van der Waals surface area (Å²) in [6.45, 7) is 5.15. The summed E-state index contributed by atoms with van der Waals surface area (Å²) in [6, 6.07) is 18.5. The average molecular weight is 530 g/mol. The Bertz CT molecular complexity index is 1340. The third kappa shape index (κ3) is 6.43. The molecule has 2 amide bonds. The molecule has 192 valence electrons. The van der Waals surface area contributed by atoms with E-state index < -0.39 is 28.5 Å². The van der Waals surface area contributed by atoms with E-state index in [1.165, 1.54) is 18.0 Å². The Hall–Kier alpha value is -2.94. The minimum Gasteiger partial charge on any atom is -0.352 e. The number of fused-ring (bicyclic) bond motifs is 1. The third-order valence-electron chi connectivity index (χ3n) is 5.90. The second kappa shape index (κ2) is 11.9. The van der Waals surface area contributed by atoms with E-state index >= 15 is 0 Å².